The maximum absolute atomic E-state index is 4.50. The number of fused-ring (bicyclic) bond motifs is 2. The summed E-state index contributed by atoms with van der Waals surface area (Å²) in [5.74, 6) is 0. The Kier molecular flexibility index (Phi) is 1.04. The summed E-state index contributed by atoms with van der Waals surface area (Å²) in [6.45, 7) is 0. The molecule has 0 saturated carbocycles. The van der Waals surface area contributed by atoms with Gasteiger partial charge in [-0.25, -0.2) is 9.97 Å². The van der Waals surface area contributed by atoms with Crippen LogP contribution in [0.15, 0.2) is 24.3 Å². The molecule has 1 aromatic carbocycles. The molecule has 0 amide bonds. The minimum absolute atomic E-state index is 1.02. The quantitative estimate of drug-likeness (QED) is 0.580. The van der Waals surface area contributed by atoms with Gasteiger partial charge in [0.2, 0.25) is 0 Å². The zero-order chi connectivity index (χ0) is 7.97. The number of rotatable bonds is 0. The van der Waals surface area contributed by atoms with Crippen molar-refractivity contribution in [3.63, 3.8) is 0 Å². The van der Waals surface area contributed by atoms with E-state index in [1.807, 2.05) is 24.3 Å². The predicted molar refractivity (Wildman–Crippen MR) is 46.9 cm³/mol. The van der Waals surface area contributed by atoms with E-state index in [0.717, 1.165) is 23.9 Å². The zero-order valence-electron chi connectivity index (χ0n) is 6.62. The van der Waals surface area contributed by atoms with E-state index in [-0.39, 0.29) is 0 Å². The van der Waals surface area contributed by atoms with Crippen molar-refractivity contribution in [3.05, 3.63) is 35.7 Å². The van der Waals surface area contributed by atoms with Crippen LogP contribution < -0.4 is 0 Å². The molecule has 1 aromatic heterocycles. The first-order valence-corrected chi connectivity index (χ1v) is 4.18. The maximum atomic E-state index is 4.50. The van der Waals surface area contributed by atoms with Crippen molar-refractivity contribution >= 4 is 11.0 Å². The highest BCUT2D eigenvalue weighted by atomic mass is 14.8. The Labute approximate surface area is 70.3 Å². The van der Waals surface area contributed by atoms with E-state index < -0.39 is 0 Å². The van der Waals surface area contributed by atoms with Crippen LogP contribution in [0.5, 0.6) is 0 Å². The third-order valence-electron chi connectivity index (χ3n) is 2.32. The number of nitrogens with zero attached hydrogens (tertiary/aromatic N) is 2. The van der Waals surface area contributed by atoms with Gasteiger partial charge in [-0.05, 0) is 25.0 Å². The largest absolute Gasteiger partial charge is 0.249 e. The van der Waals surface area contributed by atoms with Crippen LogP contribution in [0, 0.1) is 0 Å². The number of benzene rings is 1. The Bertz CT molecular complexity index is 406. The Morgan fingerprint density at radius 3 is 1.75 bits per heavy atom. The highest BCUT2D eigenvalue weighted by Crippen LogP contribution is 2.21. The van der Waals surface area contributed by atoms with Crippen LogP contribution in [0.4, 0.5) is 0 Å². The SMILES string of the molecule is c1ccc2nc3c(nc2c1)CC3. The molecular formula is C10H8N2. The van der Waals surface area contributed by atoms with Crippen molar-refractivity contribution < 1.29 is 0 Å². The van der Waals surface area contributed by atoms with Gasteiger partial charge in [0.15, 0.2) is 0 Å². The molecule has 0 spiro atoms. The van der Waals surface area contributed by atoms with Crippen molar-refractivity contribution in [2.75, 3.05) is 0 Å². The molecule has 2 aromatic rings. The lowest BCUT2D eigenvalue weighted by Gasteiger charge is -2.15. The molecule has 0 fully saturated rings. The molecule has 0 radical (unpaired) electrons. The molecule has 2 heteroatoms. The Morgan fingerprint density at radius 1 is 0.833 bits per heavy atom. The first kappa shape index (κ1) is 6.12. The summed E-state index contributed by atoms with van der Waals surface area (Å²) in [5, 5.41) is 0. The summed E-state index contributed by atoms with van der Waals surface area (Å²) in [6.07, 6.45) is 2.21. The van der Waals surface area contributed by atoms with Crippen molar-refractivity contribution in [1.82, 2.24) is 9.97 Å². The van der Waals surface area contributed by atoms with Gasteiger partial charge in [-0.2, -0.15) is 0 Å². The molecule has 0 N–H and O–H groups in total. The van der Waals surface area contributed by atoms with Crippen LogP contribution >= 0.6 is 0 Å². The van der Waals surface area contributed by atoms with Crippen molar-refractivity contribution in [2.45, 2.75) is 12.8 Å². The van der Waals surface area contributed by atoms with Gasteiger partial charge in [0.05, 0.1) is 22.4 Å². The monoisotopic (exact) mass is 156 g/mol. The summed E-state index contributed by atoms with van der Waals surface area (Å²) in [5.41, 5.74) is 4.43. The molecule has 1 aliphatic rings. The van der Waals surface area contributed by atoms with E-state index in [1.165, 1.54) is 11.4 Å². The molecule has 0 unspecified atom stereocenters. The van der Waals surface area contributed by atoms with E-state index in [2.05, 4.69) is 9.97 Å². The third-order valence-corrected chi connectivity index (χ3v) is 2.32. The summed E-state index contributed by atoms with van der Waals surface area (Å²) >= 11 is 0. The molecule has 0 saturated heterocycles. The summed E-state index contributed by atoms with van der Waals surface area (Å²) in [6, 6.07) is 8.03. The second-order valence-corrected chi connectivity index (χ2v) is 3.11. The lowest BCUT2D eigenvalue weighted by Crippen LogP contribution is -2.13. The van der Waals surface area contributed by atoms with Gasteiger partial charge in [0, 0.05) is 0 Å². The fraction of sp³-hybridized carbons (Fsp3) is 0.200. The fourth-order valence-corrected chi connectivity index (χ4v) is 1.53. The van der Waals surface area contributed by atoms with Gasteiger partial charge in [0.25, 0.3) is 0 Å². The van der Waals surface area contributed by atoms with Gasteiger partial charge in [-0.1, -0.05) is 12.1 Å². The predicted octanol–water partition coefficient (Wildman–Crippen LogP) is 1.73. The van der Waals surface area contributed by atoms with Crippen LogP contribution in [-0.2, 0) is 12.8 Å². The standard InChI is InChI=1S/C10H8N2/c1-2-4-8-7(3-1)11-9-5-6-10(9)12-8/h1-4H,5-6H2. The third kappa shape index (κ3) is 0.694. The summed E-state index contributed by atoms with van der Waals surface area (Å²) < 4.78 is 0. The fourth-order valence-electron chi connectivity index (χ4n) is 1.53. The summed E-state index contributed by atoms with van der Waals surface area (Å²) in [7, 11) is 0. The number of hydrogen-bond donors (Lipinski definition) is 0. The Hall–Kier alpha value is -1.44. The van der Waals surface area contributed by atoms with E-state index in [4.69, 9.17) is 0 Å². The zero-order valence-corrected chi connectivity index (χ0v) is 6.62. The number of aryl methyl sites for hydroxylation is 2. The molecule has 1 heterocycles. The average Bonchev–Trinajstić information content (AvgIpc) is 2.09. The first-order valence-electron chi connectivity index (χ1n) is 4.18. The molecule has 12 heavy (non-hydrogen) atoms. The minimum Gasteiger partial charge on any atom is -0.249 e. The Balaban J connectivity index is 2.43. The number of hydrogen-bond acceptors (Lipinski definition) is 2. The van der Waals surface area contributed by atoms with Crippen molar-refractivity contribution in [1.29, 1.82) is 0 Å². The number of aromatic nitrogens is 2. The van der Waals surface area contributed by atoms with E-state index >= 15 is 0 Å². The summed E-state index contributed by atoms with van der Waals surface area (Å²) in [4.78, 5) is 9.00. The van der Waals surface area contributed by atoms with E-state index in [9.17, 15) is 0 Å². The van der Waals surface area contributed by atoms with Crippen LogP contribution in [0.3, 0.4) is 0 Å². The smallest absolute Gasteiger partial charge is 0.0890 e. The van der Waals surface area contributed by atoms with Gasteiger partial charge in [-0.3, -0.25) is 0 Å². The van der Waals surface area contributed by atoms with Gasteiger partial charge in [0.1, 0.15) is 0 Å². The maximum Gasteiger partial charge on any atom is 0.0890 e. The molecule has 58 valence electrons. The van der Waals surface area contributed by atoms with Crippen LogP contribution in [0.25, 0.3) is 11.0 Å². The highest BCUT2D eigenvalue weighted by Gasteiger charge is 2.16. The average molecular weight is 156 g/mol. The van der Waals surface area contributed by atoms with Crippen LogP contribution in [0.1, 0.15) is 11.4 Å². The van der Waals surface area contributed by atoms with Crippen LogP contribution in [-0.4, -0.2) is 9.97 Å². The lowest BCUT2D eigenvalue weighted by atomic mass is 10.00. The highest BCUT2D eigenvalue weighted by molar-refractivity contribution is 5.74. The number of para-hydroxylation sites is 2. The molecular weight excluding hydrogens is 148 g/mol. The normalized spacial score (nSPS) is 14.0. The van der Waals surface area contributed by atoms with Crippen LogP contribution in [0.2, 0.25) is 0 Å². The van der Waals surface area contributed by atoms with Gasteiger partial charge in [-0.15, -0.1) is 0 Å². The minimum atomic E-state index is 1.02. The Morgan fingerprint density at radius 2 is 1.33 bits per heavy atom. The molecule has 0 bridgehead atoms. The van der Waals surface area contributed by atoms with Crippen molar-refractivity contribution in [2.24, 2.45) is 0 Å². The van der Waals surface area contributed by atoms with E-state index in [1.54, 1.807) is 0 Å². The first-order chi connectivity index (χ1) is 5.93. The molecule has 2 nitrogen and oxygen atoms in total. The van der Waals surface area contributed by atoms with Crippen molar-refractivity contribution in [3.8, 4) is 0 Å². The lowest BCUT2D eigenvalue weighted by molar-refractivity contribution is 0.758. The molecule has 0 aliphatic heterocycles. The molecule has 0 atom stereocenters. The van der Waals surface area contributed by atoms with Gasteiger partial charge >= 0.3 is 0 Å². The second-order valence-electron chi connectivity index (χ2n) is 3.11. The van der Waals surface area contributed by atoms with E-state index in [0.29, 0.717) is 0 Å². The second kappa shape index (κ2) is 2.03. The topological polar surface area (TPSA) is 25.8 Å². The van der Waals surface area contributed by atoms with Gasteiger partial charge < -0.3 is 0 Å². The molecule has 1 aliphatic carbocycles. The molecule has 3 rings (SSSR count).